The van der Waals surface area contributed by atoms with Crippen LogP contribution in [-0.4, -0.2) is 25.8 Å². The zero-order valence-electron chi connectivity index (χ0n) is 14.7. The topological polar surface area (TPSA) is 42.1 Å². The maximum Gasteiger partial charge on any atom is 0.0992 e. The Kier molecular flexibility index (Phi) is 2.96. The first kappa shape index (κ1) is 14.6. The highest BCUT2D eigenvalue weighted by Crippen LogP contribution is 2.43. The van der Waals surface area contributed by atoms with E-state index in [-0.39, 0.29) is 0 Å². The third-order valence-electron chi connectivity index (χ3n) is 5.46. The fraction of sp³-hybridized carbons (Fsp3) is 0.143. The van der Waals surface area contributed by atoms with Crippen molar-refractivity contribution in [2.75, 3.05) is 16.5 Å². The SMILES string of the molecule is c1cc2c(c(-n3ccnc3)c1)N1Cc3cccc(-n4ccnc4)c3N(C2)C1. The summed E-state index contributed by atoms with van der Waals surface area (Å²) in [5.74, 6) is 0. The summed E-state index contributed by atoms with van der Waals surface area (Å²) in [6.07, 6.45) is 11.4. The zero-order valence-corrected chi connectivity index (χ0v) is 14.7. The van der Waals surface area contributed by atoms with Crippen molar-refractivity contribution in [1.82, 2.24) is 19.1 Å². The number of para-hydroxylation sites is 2. The number of imidazole rings is 2. The first-order valence-corrected chi connectivity index (χ1v) is 9.09. The standard InChI is InChI=1S/C21H18N6/c1-3-16-11-26-15-27(20(16)18(5-1)24-9-7-22-13-24)12-17-4-2-6-19(21(17)26)25-10-8-23-14-25/h1-10,13-14H,11-12,15H2. The van der Waals surface area contributed by atoms with Gasteiger partial charge in [0.15, 0.2) is 0 Å². The predicted octanol–water partition coefficient (Wildman–Crippen LogP) is 3.36. The fourth-order valence-electron chi connectivity index (χ4n) is 4.38. The smallest absolute Gasteiger partial charge is 0.0992 e. The van der Waals surface area contributed by atoms with Gasteiger partial charge >= 0.3 is 0 Å². The highest BCUT2D eigenvalue weighted by Gasteiger charge is 2.32. The molecular formula is C21H18N6. The van der Waals surface area contributed by atoms with Crippen LogP contribution in [0.4, 0.5) is 11.4 Å². The van der Waals surface area contributed by atoms with Gasteiger partial charge in [-0.3, -0.25) is 0 Å². The van der Waals surface area contributed by atoms with Crippen LogP contribution < -0.4 is 9.80 Å². The molecular weight excluding hydrogens is 336 g/mol. The summed E-state index contributed by atoms with van der Waals surface area (Å²) < 4.78 is 4.21. The summed E-state index contributed by atoms with van der Waals surface area (Å²) >= 11 is 0. The maximum absolute atomic E-state index is 4.23. The second kappa shape index (κ2) is 5.48. The lowest BCUT2D eigenvalue weighted by Gasteiger charge is -2.46. The number of aromatic nitrogens is 4. The highest BCUT2D eigenvalue weighted by atomic mass is 15.4. The Morgan fingerprint density at radius 1 is 0.667 bits per heavy atom. The Bertz CT molecular complexity index is 1020. The highest BCUT2D eigenvalue weighted by molar-refractivity contribution is 5.78. The van der Waals surface area contributed by atoms with Gasteiger partial charge < -0.3 is 18.9 Å². The molecule has 6 heteroatoms. The lowest BCUT2D eigenvalue weighted by atomic mass is 9.99. The molecule has 0 spiro atoms. The van der Waals surface area contributed by atoms with Crippen LogP contribution in [0.2, 0.25) is 0 Å². The summed E-state index contributed by atoms with van der Waals surface area (Å²) in [5.41, 5.74) is 7.70. The van der Waals surface area contributed by atoms with E-state index in [0.29, 0.717) is 0 Å². The van der Waals surface area contributed by atoms with Crippen LogP contribution in [0.5, 0.6) is 0 Å². The molecule has 132 valence electrons. The molecule has 4 aromatic rings. The Balaban J connectivity index is 1.50. The quantitative estimate of drug-likeness (QED) is 0.554. The number of nitrogens with zero attached hydrogens (tertiary/aromatic N) is 6. The molecule has 2 aliphatic heterocycles. The number of benzene rings is 2. The Morgan fingerprint density at radius 2 is 1.19 bits per heavy atom. The van der Waals surface area contributed by atoms with E-state index in [1.54, 1.807) is 0 Å². The van der Waals surface area contributed by atoms with E-state index in [4.69, 9.17) is 0 Å². The summed E-state index contributed by atoms with van der Waals surface area (Å²) in [6, 6.07) is 13.1. The van der Waals surface area contributed by atoms with Crippen LogP contribution in [0.1, 0.15) is 11.1 Å². The number of anilines is 2. The zero-order chi connectivity index (χ0) is 17.8. The molecule has 0 amide bonds. The molecule has 2 aromatic carbocycles. The molecule has 0 saturated heterocycles. The van der Waals surface area contributed by atoms with E-state index in [0.717, 1.165) is 19.8 Å². The van der Waals surface area contributed by atoms with Gasteiger partial charge in [-0.25, -0.2) is 9.97 Å². The van der Waals surface area contributed by atoms with Gasteiger partial charge in [-0.15, -0.1) is 0 Å². The monoisotopic (exact) mass is 354 g/mol. The van der Waals surface area contributed by atoms with Crippen molar-refractivity contribution in [3.8, 4) is 11.4 Å². The lowest BCUT2D eigenvalue weighted by Crippen LogP contribution is -2.47. The van der Waals surface area contributed by atoms with Crippen LogP contribution in [0.15, 0.2) is 73.8 Å². The molecule has 2 aliphatic rings. The van der Waals surface area contributed by atoms with Gasteiger partial charge in [0, 0.05) is 37.9 Å². The third kappa shape index (κ3) is 2.13. The fourth-order valence-corrected chi connectivity index (χ4v) is 4.38. The molecule has 0 radical (unpaired) electrons. The van der Waals surface area contributed by atoms with E-state index >= 15 is 0 Å². The Hall–Kier alpha value is -3.54. The van der Waals surface area contributed by atoms with Crippen LogP contribution >= 0.6 is 0 Å². The number of hydrogen-bond acceptors (Lipinski definition) is 4. The van der Waals surface area contributed by atoms with Crippen LogP contribution in [0, 0.1) is 0 Å². The van der Waals surface area contributed by atoms with Gasteiger partial charge in [-0.05, 0) is 23.3 Å². The van der Waals surface area contributed by atoms with Gasteiger partial charge in [-0.1, -0.05) is 24.3 Å². The Labute approximate surface area is 156 Å². The van der Waals surface area contributed by atoms with Crippen molar-refractivity contribution < 1.29 is 0 Å². The van der Waals surface area contributed by atoms with Crippen LogP contribution in [-0.2, 0) is 13.1 Å². The van der Waals surface area contributed by atoms with Gasteiger partial charge in [0.25, 0.3) is 0 Å². The minimum atomic E-state index is 0.886. The predicted molar refractivity (Wildman–Crippen MR) is 104 cm³/mol. The van der Waals surface area contributed by atoms with E-state index in [1.165, 1.54) is 33.9 Å². The number of rotatable bonds is 2. The maximum atomic E-state index is 4.23. The minimum Gasteiger partial charge on any atom is -0.347 e. The first-order chi connectivity index (χ1) is 13.4. The van der Waals surface area contributed by atoms with Gasteiger partial charge in [0.2, 0.25) is 0 Å². The molecule has 0 atom stereocenters. The van der Waals surface area contributed by atoms with E-state index in [2.05, 4.69) is 65.3 Å². The van der Waals surface area contributed by atoms with Crippen LogP contribution in [0.25, 0.3) is 11.4 Å². The largest absolute Gasteiger partial charge is 0.347 e. The van der Waals surface area contributed by atoms with Crippen molar-refractivity contribution in [1.29, 1.82) is 0 Å². The van der Waals surface area contributed by atoms with Crippen molar-refractivity contribution in [2.45, 2.75) is 13.1 Å². The molecule has 0 unspecified atom stereocenters. The van der Waals surface area contributed by atoms with Gasteiger partial charge in [0.05, 0.1) is 42.1 Å². The molecule has 0 saturated carbocycles. The molecule has 6 nitrogen and oxygen atoms in total. The van der Waals surface area contributed by atoms with Gasteiger partial charge in [0.1, 0.15) is 0 Å². The Morgan fingerprint density at radius 3 is 1.63 bits per heavy atom. The second-order valence-corrected chi connectivity index (χ2v) is 7.05. The average molecular weight is 354 g/mol. The van der Waals surface area contributed by atoms with Crippen molar-refractivity contribution >= 4 is 11.4 Å². The molecule has 6 rings (SSSR count). The molecule has 0 fully saturated rings. The molecule has 27 heavy (non-hydrogen) atoms. The molecule has 2 bridgehead atoms. The molecule has 0 aliphatic carbocycles. The molecule has 4 heterocycles. The van der Waals surface area contributed by atoms with E-state index in [9.17, 15) is 0 Å². The van der Waals surface area contributed by atoms with Crippen molar-refractivity contribution in [3.63, 3.8) is 0 Å². The normalized spacial score (nSPS) is 14.8. The van der Waals surface area contributed by atoms with E-state index in [1.807, 2.05) is 37.4 Å². The lowest BCUT2D eigenvalue weighted by molar-refractivity contribution is 0.646. The van der Waals surface area contributed by atoms with Gasteiger partial charge in [-0.2, -0.15) is 0 Å². The summed E-state index contributed by atoms with van der Waals surface area (Å²) in [6.45, 7) is 2.68. The summed E-state index contributed by atoms with van der Waals surface area (Å²) in [5, 5.41) is 0. The van der Waals surface area contributed by atoms with Crippen molar-refractivity contribution in [3.05, 3.63) is 85.0 Å². The van der Waals surface area contributed by atoms with Crippen molar-refractivity contribution in [2.24, 2.45) is 0 Å². The number of hydrogen-bond donors (Lipinski definition) is 0. The number of fused-ring (bicyclic) bond motifs is 6. The first-order valence-electron chi connectivity index (χ1n) is 9.09. The van der Waals surface area contributed by atoms with Crippen LogP contribution in [0.3, 0.4) is 0 Å². The summed E-state index contributed by atoms with van der Waals surface area (Å²) in [4.78, 5) is 13.4. The summed E-state index contributed by atoms with van der Waals surface area (Å²) in [7, 11) is 0. The molecule has 0 N–H and O–H groups in total. The second-order valence-electron chi connectivity index (χ2n) is 7.05. The molecule has 2 aromatic heterocycles. The average Bonchev–Trinajstić information content (AvgIpc) is 3.41. The van der Waals surface area contributed by atoms with E-state index < -0.39 is 0 Å². The minimum absolute atomic E-state index is 0.886. The third-order valence-corrected chi connectivity index (χ3v) is 5.46.